The van der Waals surface area contributed by atoms with Crippen LogP contribution in [0.1, 0.15) is 64.2 Å². The van der Waals surface area contributed by atoms with E-state index in [0.29, 0.717) is 51.4 Å². The van der Waals surface area contributed by atoms with Crippen molar-refractivity contribution in [1.29, 1.82) is 0 Å². The molecule has 3 aromatic rings. The van der Waals surface area contributed by atoms with Gasteiger partial charge < -0.3 is 4.32 Å². The summed E-state index contributed by atoms with van der Waals surface area (Å²) in [5, 5.41) is -1.18. The van der Waals surface area contributed by atoms with E-state index in [1.807, 2.05) is 0 Å². The summed E-state index contributed by atoms with van der Waals surface area (Å²) in [5.74, 6) is -42.3. The van der Waals surface area contributed by atoms with Crippen LogP contribution in [0, 0.1) is 81.4 Å². The lowest BCUT2D eigenvalue weighted by Gasteiger charge is -2.38. The Morgan fingerprint density at radius 2 is 0.574 bits per heavy atom. The Kier molecular flexibility index (Phi) is 9.94. The number of hydrogen-bond donors (Lipinski definition) is 0. The van der Waals surface area contributed by atoms with Crippen LogP contribution in [0.4, 0.5) is 65.8 Å². The molecule has 0 spiro atoms. The highest BCUT2D eigenvalue weighted by molar-refractivity contribution is 7.67. The summed E-state index contributed by atoms with van der Waals surface area (Å²) >= 11 is 0. The van der Waals surface area contributed by atoms with Gasteiger partial charge >= 0.3 is 0 Å². The highest BCUT2D eigenvalue weighted by Crippen LogP contribution is 2.56. The second-order valence-corrected chi connectivity index (χ2v) is 14.9. The topological polar surface area (TPSA) is 0 Å². The summed E-state index contributed by atoms with van der Waals surface area (Å²) in [4.78, 5) is 0. The number of hydrogen-bond acceptors (Lipinski definition) is 0. The molecule has 0 atom stereocenters. The average molecular weight is 710 g/mol. The predicted octanol–water partition coefficient (Wildman–Crippen LogP) is 8.08. The first-order valence-electron chi connectivity index (χ1n) is 14.7. The Morgan fingerprint density at radius 3 is 0.851 bits per heavy atom. The molecule has 2 aliphatic carbocycles. The Morgan fingerprint density at radius 1 is 0.340 bits per heavy atom. The molecule has 3 aromatic carbocycles. The summed E-state index contributed by atoms with van der Waals surface area (Å²) in [6.45, 7) is 0. The van der Waals surface area contributed by atoms with Crippen molar-refractivity contribution in [1.82, 2.24) is 0 Å². The minimum absolute atomic E-state index is 0.390. The van der Waals surface area contributed by atoms with Crippen LogP contribution < -0.4 is 21.7 Å². The third-order valence-electron chi connectivity index (χ3n) is 9.36. The second-order valence-electron chi connectivity index (χ2n) is 11.9. The lowest BCUT2D eigenvalue weighted by Crippen LogP contribution is -2.70. The van der Waals surface area contributed by atoms with Gasteiger partial charge in [-0.05, 0) is 51.4 Å². The molecule has 0 N–H and O–H groups in total. The normalized spacial score (nSPS) is 16.9. The van der Waals surface area contributed by atoms with Crippen molar-refractivity contribution >= 4 is 36.0 Å². The van der Waals surface area contributed by atoms with E-state index in [-0.39, 0.29) is 0 Å². The highest BCUT2D eigenvalue weighted by atomic mass is 31.1. The maximum absolute atomic E-state index is 17.3. The minimum Gasteiger partial charge on any atom is -0.498 e. The van der Waals surface area contributed by atoms with Gasteiger partial charge in [0.2, 0.25) is 11.6 Å². The first-order chi connectivity index (χ1) is 22.1. The van der Waals surface area contributed by atoms with Crippen LogP contribution in [-0.2, 0) is 0 Å². The summed E-state index contributed by atoms with van der Waals surface area (Å²) < 4.78 is 227. The molecule has 2 aliphatic rings. The van der Waals surface area contributed by atoms with Crippen LogP contribution in [0.5, 0.6) is 0 Å². The Labute approximate surface area is 259 Å². The van der Waals surface area contributed by atoms with E-state index in [1.165, 1.54) is 0 Å². The van der Waals surface area contributed by atoms with Gasteiger partial charge in [0.25, 0.3) is 6.42 Å². The fourth-order valence-electron chi connectivity index (χ4n) is 7.20. The van der Waals surface area contributed by atoms with Crippen LogP contribution in [0.25, 0.3) is 0 Å². The van der Waals surface area contributed by atoms with Gasteiger partial charge in [-0.3, -0.25) is 0 Å². The molecule has 5 rings (SSSR count). The third kappa shape index (κ3) is 5.50. The molecule has 0 nitrogen and oxygen atoms in total. The maximum Gasteiger partial charge on any atom is 0.251 e. The number of rotatable bonds is 6. The molecule has 47 heavy (non-hydrogen) atoms. The van der Waals surface area contributed by atoms with E-state index in [2.05, 4.69) is 0 Å². The number of benzene rings is 3. The van der Waals surface area contributed by atoms with Crippen LogP contribution in [0.15, 0.2) is 0 Å². The van der Waals surface area contributed by atoms with Crippen LogP contribution in [0.2, 0.25) is 0 Å². The van der Waals surface area contributed by atoms with Crippen LogP contribution in [0.3, 0.4) is 0 Å². The van der Waals surface area contributed by atoms with Crippen molar-refractivity contribution in [2.24, 2.45) is 0 Å². The summed E-state index contributed by atoms with van der Waals surface area (Å²) in [6, 6.07) is 0. The zero-order chi connectivity index (χ0) is 34.7. The van der Waals surface area contributed by atoms with E-state index in [1.54, 1.807) is 0 Å². The van der Waals surface area contributed by atoms with E-state index in [4.69, 9.17) is 0 Å². The SMILES string of the molecule is Fc1c(F)c(F)c([B-](F)(c2c(F)c(F)c(F)c(F)c2F)c2c(F)c(F)c([PH+](C3CCCCC3)C3CCCCC3)c(F)c2F)c(F)c1F. The molecule has 2 fully saturated rings. The second kappa shape index (κ2) is 13.2. The molecular formula is C30H23BF15P. The summed E-state index contributed by atoms with van der Waals surface area (Å²) in [6.07, 6.45) is -1.37. The Bertz CT molecular complexity index is 1560. The molecule has 0 heterocycles. The average Bonchev–Trinajstić information content (AvgIpc) is 3.06. The standard InChI is InChI=1S/C30H22BF15P/c32-16-13(17(33)23(39)26(42)22(16)38)31(46,14-18(34)24(40)27(43)25(41)19(14)35)15-20(36)28(44)30(29(45)21(15)37)47(11-7-3-1-4-8-11)12-9-5-2-6-10-12/h11-12H,1-10H2/q-1/p+1. The van der Waals surface area contributed by atoms with Gasteiger partial charge in [-0.1, -0.05) is 29.2 Å². The molecule has 2 saturated carbocycles. The number of halogens is 15. The van der Waals surface area contributed by atoms with E-state index < -0.39 is 129 Å². The minimum atomic E-state index is -6.80. The van der Waals surface area contributed by atoms with Crippen molar-refractivity contribution in [3.05, 3.63) is 81.4 Å². The third-order valence-corrected chi connectivity index (χ3v) is 13.3. The lowest BCUT2D eigenvalue weighted by atomic mass is 9.30. The monoisotopic (exact) mass is 710 g/mol. The fourth-order valence-corrected chi connectivity index (χ4v) is 11.5. The smallest absolute Gasteiger partial charge is 0.251 e. The van der Waals surface area contributed by atoms with Crippen molar-refractivity contribution < 1.29 is 65.8 Å². The van der Waals surface area contributed by atoms with Gasteiger partial charge in [-0.2, -0.15) is 8.78 Å². The largest absolute Gasteiger partial charge is 0.498 e. The van der Waals surface area contributed by atoms with Gasteiger partial charge in [0, 0.05) is 7.92 Å². The summed E-state index contributed by atoms with van der Waals surface area (Å²) in [5.41, 5.74) is -10.2. The molecule has 0 aliphatic heterocycles. The van der Waals surface area contributed by atoms with Gasteiger partial charge in [-0.25, -0.2) is 52.7 Å². The molecule has 0 bridgehead atoms. The van der Waals surface area contributed by atoms with Crippen molar-refractivity contribution in [3.8, 4) is 0 Å². The van der Waals surface area contributed by atoms with E-state index >= 15 is 39.4 Å². The maximum atomic E-state index is 17.3. The fraction of sp³-hybridized carbons (Fsp3) is 0.400. The van der Waals surface area contributed by atoms with E-state index in [0.717, 1.165) is 12.8 Å². The molecule has 256 valence electrons. The van der Waals surface area contributed by atoms with Gasteiger partial charge in [-0.15, -0.1) is 0 Å². The molecule has 17 heteroatoms. The molecule has 0 amide bonds. The highest BCUT2D eigenvalue weighted by Gasteiger charge is 2.51. The zero-order valence-corrected chi connectivity index (χ0v) is 25.0. The molecular weight excluding hydrogens is 687 g/mol. The van der Waals surface area contributed by atoms with Crippen molar-refractivity contribution in [3.63, 3.8) is 0 Å². The van der Waals surface area contributed by atoms with Crippen LogP contribution >= 0.6 is 7.92 Å². The Hall–Kier alpha value is -2.90. The van der Waals surface area contributed by atoms with Crippen LogP contribution in [-0.4, -0.2) is 17.7 Å². The van der Waals surface area contributed by atoms with Gasteiger partial charge in [0.1, 0.15) is 34.9 Å². The van der Waals surface area contributed by atoms with Gasteiger partial charge in [0.05, 0.1) is 11.3 Å². The quantitative estimate of drug-likeness (QED) is 0.0799. The first kappa shape index (κ1) is 35.4. The predicted molar refractivity (Wildman–Crippen MR) is 146 cm³/mol. The van der Waals surface area contributed by atoms with Gasteiger partial charge in [0.15, 0.2) is 40.2 Å². The van der Waals surface area contributed by atoms with Crippen molar-refractivity contribution in [2.45, 2.75) is 75.5 Å². The molecule has 0 aromatic heterocycles. The molecule has 0 saturated heterocycles. The van der Waals surface area contributed by atoms with E-state index in [9.17, 15) is 26.3 Å². The lowest BCUT2D eigenvalue weighted by molar-refractivity contribution is 0.380. The van der Waals surface area contributed by atoms with Crippen molar-refractivity contribution in [2.75, 3.05) is 0 Å². The first-order valence-corrected chi connectivity index (χ1v) is 16.3. The summed E-state index contributed by atoms with van der Waals surface area (Å²) in [7, 11) is -2.67. The Balaban J connectivity index is 1.92. The molecule has 0 radical (unpaired) electrons. The zero-order valence-electron chi connectivity index (χ0n) is 24.0. The molecule has 0 unspecified atom stereocenters.